The first kappa shape index (κ1) is 11.5. The average molecular weight is 345 g/mol. The number of fused-ring (bicyclic) bond motifs is 1. The van der Waals surface area contributed by atoms with Crippen LogP contribution in [-0.4, -0.2) is 18.1 Å². The van der Waals surface area contributed by atoms with E-state index < -0.39 is 5.97 Å². The molecule has 1 aromatic carbocycles. The molecule has 0 bridgehead atoms. The summed E-state index contributed by atoms with van der Waals surface area (Å²) in [4.78, 5) is 15.6. The maximum atomic E-state index is 11.4. The van der Waals surface area contributed by atoms with Gasteiger partial charge in [-0.1, -0.05) is 37.9 Å². The van der Waals surface area contributed by atoms with Crippen LogP contribution in [0.4, 0.5) is 0 Å². The molecule has 0 N–H and O–H groups in total. The lowest BCUT2D eigenvalue weighted by molar-refractivity contribution is 0.0594. The van der Waals surface area contributed by atoms with Crippen LogP contribution in [0.5, 0.6) is 0 Å². The van der Waals surface area contributed by atoms with Gasteiger partial charge in [0.05, 0.1) is 12.6 Å². The van der Waals surface area contributed by atoms with E-state index in [0.717, 1.165) is 19.8 Å². The van der Waals surface area contributed by atoms with Crippen LogP contribution in [0.25, 0.3) is 10.9 Å². The molecule has 1 heterocycles. The SMILES string of the molecule is COC(=O)c1cc(Br)c2ccc(Br)cc2n1. The molecule has 5 heteroatoms. The Labute approximate surface area is 109 Å². The number of benzene rings is 1. The fourth-order valence-electron chi connectivity index (χ4n) is 1.37. The Morgan fingerprint density at radius 2 is 2.06 bits per heavy atom. The molecule has 0 unspecified atom stereocenters. The van der Waals surface area contributed by atoms with E-state index in [0.29, 0.717) is 5.69 Å². The predicted molar refractivity (Wildman–Crippen MR) is 68.5 cm³/mol. The molecule has 82 valence electrons. The van der Waals surface area contributed by atoms with Crippen LogP contribution >= 0.6 is 31.9 Å². The van der Waals surface area contributed by atoms with Crippen molar-refractivity contribution in [3.05, 3.63) is 38.9 Å². The zero-order chi connectivity index (χ0) is 11.7. The first-order valence-electron chi connectivity index (χ1n) is 4.46. The number of esters is 1. The lowest BCUT2D eigenvalue weighted by atomic mass is 10.2. The minimum absolute atomic E-state index is 0.292. The third kappa shape index (κ3) is 2.10. The largest absolute Gasteiger partial charge is 0.464 e. The van der Waals surface area contributed by atoms with E-state index in [4.69, 9.17) is 0 Å². The third-order valence-corrected chi connectivity index (χ3v) is 3.27. The molecule has 0 aliphatic carbocycles. The van der Waals surface area contributed by atoms with Crippen molar-refractivity contribution in [2.45, 2.75) is 0 Å². The minimum Gasteiger partial charge on any atom is -0.464 e. The van der Waals surface area contributed by atoms with Crippen LogP contribution in [0.2, 0.25) is 0 Å². The second-order valence-electron chi connectivity index (χ2n) is 3.14. The maximum absolute atomic E-state index is 11.4. The monoisotopic (exact) mass is 343 g/mol. The van der Waals surface area contributed by atoms with Gasteiger partial charge in [0.25, 0.3) is 0 Å². The van der Waals surface area contributed by atoms with E-state index >= 15 is 0 Å². The van der Waals surface area contributed by atoms with Gasteiger partial charge < -0.3 is 4.74 Å². The van der Waals surface area contributed by atoms with Gasteiger partial charge in [0.15, 0.2) is 0 Å². The summed E-state index contributed by atoms with van der Waals surface area (Å²) in [6, 6.07) is 7.36. The Morgan fingerprint density at radius 3 is 2.75 bits per heavy atom. The number of carbonyl (C=O) groups is 1. The molecular weight excluding hydrogens is 338 g/mol. The Bertz CT molecular complexity index is 569. The minimum atomic E-state index is -0.442. The molecule has 16 heavy (non-hydrogen) atoms. The summed E-state index contributed by atoms with van der Waals surface area (Å²) >= 11 is 6.77. The zero-order valence-corrected chi connectivity index (χ0v) is 11.5. The fourth-order valence-corrected chi connectivity index (χ4v) is 2.27. The van der Waals surface area contributed by atoms with Crippen molar-refractivity contribution in [3.8, 4) is 0 Å². The molecule has 3 nitrogen and oxygen atoms in total. The molecule has 0 amide bonds. The number of ether oxygens (including phenoxy) is 1. The molecule has 0 fully saturated rings. The third-order valence-electron chi connectivity index (χ3n) is 2.12. The van der Waals surface area contributed by atoms with Gasteiger partial charge in [0.1, 0.15) is 5.69 Å². The summed E-state index contributed by atoms with van der Waals surface area (Å²) in [6.07, 6.45) is 0. The number of nitrogens with zero attached hydrogens (tertiary/aromatic N) is 1. The Morgan fingerprint density at radius 1 is 1.31 bits per heavy atom. The zero-order valence-electron chi connectivity index (χ0n) is 8.33. The van der Waals surface area contributed by atoms with Gasteiger partial charge in [-0.2, -0.15) is 0 Å². The summed E-state index contributed by atoms with van der Waals surface area (Å²) in [6.45, 7) is 0. The number of carbonyl (C=O) groups excluding carboxylic acids is 1. The number of methoxy groups -OCH3 is 1. The van der Waals surface area contributed by atoms with Crippen molar-refractivity contribution in [1.29, 1.82) is 0 Å². The summed E-state index contributed by atoms with van der Waals surface area (Å²) in [7, 11) is 1.34. The summed E-state index contributed by atoms with van der Waals surface area (Å²) in [5.41, 5.74) is 1.03. The van der Waals surface area contributed by atoms with Crippen molar-refractivity contribution in [2.24, 2.45) is 0 Å². The van der Waals surface area contributed by atoms with Crippen LogP contribution in [-0.2, 0) is 4.74 Å². The molecule has 1 aromatic heterocycles. The van der Waals surface area contributed by atoms with Gasteiger partial charge in [-0.25, -0.2) is 9.78 Å². The summed E-state index contributed by atoms with van der Waals surface area (Å²) < 4.78 is 6.38. The van der Waals surface area contributed by atoms with E-state index in [1.807, 2.05) is 18.2 Å². The van der Waals surface area contributed by atoms with Crippen LogP contribution in [0, 0.1) is 0 Å². The van der Waals surface area contributed by atoms with Crippen molar-refractivity contribution < 1.29 is 9.53 Å². The molecule has 0 saturated heterocycles. The molecule has 0 aliphatic rings. The standard InChI is InChI=1S/C11H7Br2NO2/c1-16-11(15)10-5-8(13)7-3-2-6(12)4-9(7)14-10/h2-5H,1H3. The molecular formula is C11H7Br2NO2. The van der Waals surface area contributed by atoms with E-state index in [-0.39, 0.29) is 0 Å². The average Bonchev–Trinajstić information content (AvgIpc) is 2.27. The van der Waals surface area contributed by atoms with E-state index in [1.54, 1.807) is 6.07 Å². The van der Waals surface area contributed by atoms with E-state index in [9.17, 15) is 4.79 Å². The molecule has 0 spiro atoms. The van der Waals surface area contributed by atoms with Gasteiger partial charge in [-0.15, -0.1) is 0 Å². The molecule has 0 aliphatic heterocycles. The second kappa shape index (κ2) is 4.51. The normalized spacial score (nSPS) is 10.4. The molecule has 0 atom stereocenters. The highest BCUT2D eigenvalue weighted by Crippen LogP contribution is 2.26. The van der Waals surface area contributed by atoms with Crippen LogP contribution in [0.1, 0.15) is 10.5 Å². The molecule has 2 aromatic rings. The highest BCUT2D eigenvalue weighted by Gasteiger charge is 2.11. The number of hydrogen-bond acceptors (Lipinski definition) is 3. The van der Waals surface area contributed by atoms with Crippen LogP contribution in [0.3, 0.4) is 0 Å². The maximum Gasteiger partial charge on any atom is 0.356 e. The lowest BCUT2D eigenvalue weighted by Crippen LogP contribution is -2.04. The van der Waals surface area contributed by atoms with Crippen molar-refractivity contribution in [1.82, 2.24) is 4.98 Å². The first-order valence-corrected chi connectivity index (χ1v) is 6.04. The van der Waals surface area contributed by atoms with Gasteiger partial charge in [0, 0.05) is 14.3 Å². The summed E-state index contributed by atoms with van der Waals surface area (Å²) in [5.74, 6) is -0.442. The molecule has 0 radical (unpaired) electrons. The van der Waals surface area contributed by atoms with Crippen molar-refractivity contribution >= 4 is 48.7 Å². The predicted octanol–water partition coefficient (Wildman–Crippen LogP) is 3.55. The van der Waals surface area contributed by atoms with Gasteiger partial charge >= 0.3 is 5.97 Å². The Kier molecular flexibility index (Phi) is 3.25. The Balaban J connectivity index is 2.69. The Hall–Kier alpha value is -0.940. The molecule has 0 saturated carbocycles. The highest BCUT2D eigenvalue weighted by molar-refractivity contribution is 9.11. The topological polar surface area (TPSA) is 39.2 Å². The lowest BCUT2D eigenvalue weighted by Gasteiger charge is -2.04. The van der Waals surface area contributed by atoms with Gasteiger partial charge in [0.2, 0.25) is 0 Å². The van der Waals surface area contributed by atoms with Crippen molar-refractivity contribution in [3.63, 3.8) is 0 Å². The van der Waals surface area contributed by atoms with Crippen LogP contribution in [0.15, 0.2) is 33.2 Å². The first-order chi connectivity index (χ1) is 7.61. The summed E-state index contributed by atoms with van der Waals surface area (Å²) in [5, 5.41) is 0.954. The quantitative estimate of drug-likeness (QED) is 0.743. The van der Waals surface area contributed by atoms with Crippen LogP contribution < -0.4 is 0 Å². The smallest absolute Gasteiger partial charge is 0.356 e. The van der Waals surface area contributed by atoms with Crippen molar-refractivity contribution in [2.75, 3.05) is 7.11 Å². The highest BCUT2D eigenvalue weighted by atomic mass is 79.9. The molecule has 2 rings (SSSR count). The number of pyridine rings is 1. The number of aromatic nitrogens is 1. The number of hydrogen-bond donors (Lipinski definition) is 0. The van der Waals surface area contributed by atoms with Gasteiger partial charge in [-0.05, 0) is 18.2 Å². The van der Waals surface area contributed by atoms with E-state index in [2.05, 4.69) is 41.6 Å². The second-order valence-corrected chi connectivity index (χ2v) is 4.91. The van der Waals surface area contributed by atoms with Gasteiger partial charge in [-0.3, -0.25) is 0 Å². The fraction of sp³-hybridized carbons (Fsp3) is 0.0909. The van der Waals surface area contributed by atoms with E-state index in [1.165, 1.54) is 7.11 Å². The number of halogens is 2. The number of rotatable bonds is 1.